The van der Waals surface area contributed by atoms with Crippen LogP contribution in [0.15, 0.2) is 54.2 Å². The average Bonchev–Trinajstić information content (AvgIpc) is 3.04. The first kappa shape index (κ1) is 20.1. The Morgan fingerprint density at radius 1 is 1.15 bits per heavy atom. The molecule has 3 rings (SSSR count). The second kappa shape index (κ2) is 9.02. The van der Waals surface area contributed by atoms with E-state index in [9.17, 15) is 0 Å². The van der Waals surface area contributed by atoms with Crippen LogP contribution in [-0.2, 0) is 12.3 Å². The summed E-state index contributed by atoms with van der Waals surface area (Å²) in [6.45, 7) is 4.37. The smallest absolute Gasteiger partial charge is 0.192 e. The Balaban J connectivity index is 1.97. The highest BCUT2D eigenvalue weighted by Crippen LogP contribution is 2.35. The molecule has 0 saturated carbocycles. The monoisotopic (exact) mass is 439 g/mol. The number of halogens is 3. The first-order valence-corrected chi connectivity index (χ1v) is 10.1. The van der Waals surface area contributed by atoms with Crippen LogP contribution in [0.25, 0.3) is 11.4 Å². The van der Waals surface area contributed by atoms with E-state index in [1.165, 1.54) is 11.8 Å². The summed E-state index contributed by atoms with van der Waals surface area (Å²) >= 11 is 20.2. The molecule has 0 fully saturated rings. The maximum absolute atomic E-state index is 6.27. The van der Waals surface area contributed by atoms with Gasteiger partial charge in [0.05, 0.1) is 12.7 Å². The van der Waals surface area contributed by atoms with Gasteiger partial charge in [0, 0.05) is 27.4 Å². The molecule has 4 nitrogen and oxygen atoms in total. The molecule has 0 spiro atoms. The highest BCUT2D eigenvalue weighted by Gasteiger charge is 2.18. The fourth-order valence-electron chi connectivity index (χ4n) is 2.55. The van der Waals surface area contributed by atoms with E-state index in [0.717, 1.165) is 16.3 Å². The lowest BCUT2D eigenvalue weighted by molar-refractivity contribution is 0.416. The molecule has 1 aromatic heterocycles. The van der Waals surface area contributed by atoms with Gasteiger partial charge in [-0.15, -0.1) is 16.8 Å². The zero-order valence-electron chi connectivity index (χ0n) is 14.5. The van der Waals surface area contributed by atoms with Gasteiger partial charge >= 0.3 is 0 Å². The highest BCUT2D eigenvalue weighted by atomic mass is 35.5. The summed E-state index contributed by atoms with van der Waals surface area (Å²) in [7, 11) is 1.61. The van der Waals surface area contributed by atoms with Crippen LogP contribution in [0.1, 0.15) is 5.56 Å². The molecule has 0 radical (unpaired) electrons. The fourth-order valence-corrected chi connectivity index (χ4v) is 4.41. The van der Waals surface area contributed by atoms with Gasteiger partial charge in [-0.1, -0.05) is 58.7 Å². The number of ether oxygens (including phenoxy) is 1. The molecule has 1 heterocycles. The van der Waals surface area contributed by atoms with Gasteiger partial charge in [-0.25, -0.2) is 0 Å². The third kappa shape index (κ3) is 4.43. The van der Waals surface area contributed by atoms with Gasteiger partial charge in [0.15, 0.2) is 11.0 Å². The van der Waals surface area contributed by atoms with Crippen molar-refractivity contribution in [2.45, 2.75) is 17.5 Å². The van der Waals surface area contributed by atoms with Gasteiger partial charge in [-0.05, 0) is 35.9 Å². The maximum atomic E-state index is 6.27. The molecule has 140 valence electrons. The van der Waals surface area contributed by atoms with Crippen molar-refractivity contribution >= 4 is 46.6 Å². The lowest BCUT2D eigenvalue weighted by atomic mass is 10.2. The second-order valence-electron chi connectivity index (χ2n) is 5.54. The van der Waals surface area contributed by atoms with E-state index in [-0.39, 0.29) is 0 Å². The molecule has 0 aliphatic heterocycles. The molecule has 0 aliphatic rings. The van der Waals surface area contributed by atoms with E-state index in [2.05, 4.69) is 16.8 Å². The minimum absolute atomic E-state index is 0.538. The van der Waals surface area contributed by atoms with E-state index in [4.69, 9.17) is 39.5 Å². The minimum Gasteiger partial charge on any atom is -0.496 e. The summed E-state index contributed by atoms with van der Waals surface area (Å²) in [4.78, 5) is 0. The van der Waals surface area contributed by atoms with E-state index in [1.807, 2.05) is 28.8 Å². The minimum atomic E-state index is 0.538. The molecule has 27 heavy (non-hydrogen) atoms. The Morgan fingerprint density at radius 2 is 1.89 bits per heavy atom. The molecule has 0 unspecified atom stereocenters. The molecule has 8 heteroatoms. The topological polar surface area (TPSA) is 39.9 Å². The predicted molar refractivity (Wildman–Crippen MR) is 113 cm³/mol. The standard InChI is InChI=1S/C19H16Cl3N3OS/c1-3-9-25-18(13-10-12(20)7-8-17(13)26-2)23-24-19(25)27-11-14-15(21)5-4-6-16(14)22/h3-8,10H,1,9,11H2,2H3. The van der Waals surface area contributed by atoms with E-state index < -0.39 is 0 Å². The number of rotatable bonds is 7. The highest BCUT2D eigenvalue weighted by molar-refractivity contribution is 7.98. The van der Waals surface area contributed by atoms with Crippen LogP contribution >= 0.6 is 46.6 Å². The zero-order valence-corrected chi connectivity index (χ0v) is 17.5. The van der Waals surface area contributed by atoms with Crippen molar-refractivity contribution in [3.8, 4) is 17.1 Å². The number of benzene rings is 2. The van der Waals surface area contributed by atoms with Crippen molar-refractivity contribution in [1.29, 1.82) is 0 Å². The molecular formula is C19H16Cl3N3OS. The Morgan fingerprint density at radius 3 is 2.56 bits per heavy atom. The van der Waals surface area contributed by atoms with Crippen LogP contribution in [0, 0.1) is 0 Å². The third-order valence-corrected chi connectivity index (χ3v) is 5.77. The lowest BCUT2D eigenvalue weighted by Crippen LogP contribution is -2.02. The Kier molecular flexibility index (Phi) is 6.71. The van der Waals surface area contributed by atoms with Crippen LogP contribution in [0.4, 0.5) is 0 Å². The van der Waals surface area contributed by atoms with Crippen molar-refractivity contribution in [2.75, 3.05) is 7.11 Å². The van der Waals surface area contributed by atoms with Crippen molar-refractivity contribution in [3.05, 3.63) is 69.7 Å². The molecule has 0 aliphatic carbocycles. The number of thioether (sulfide) groups is 1. The molecule has 0 N–H and O–H groups in total. The first-order valence-electron chi connectivity index (χ1n) is 7.98. The zero-order chi connectivity index (χ0) is 19.4. The van der Waals surface area contributed by atoms with Crippen molar-refractivity contribution in [3.63, 3.8) is 0 Å². The summed E-state index contributed by atoms with van der Waals surface area (Å²) in [6.07, 6.45) is 1.79. The molecule has 0 atom stereocenters. The van der Waals surface area contributed by atoms with Gasteiger partial charge < -0.3 is 4.74 Å². The van der Waals surface area contributed by atoms with Crippen LogP contribution in [0.2, 0.25) is 15.1 Å². The Labute approximate surface area is 177 Å². The quantitative estimate of drug-likeness (QED) is 0.315. The molecule has 2 aromatic carbocycles. The molecule has 0 amide bonds. The van der Waals surface area contributed by atoms with Gasteiger partial charge in [0.1, 0.15) is 5.75 Å². The molecular weight excluding hydrogens is 425 g/mol. The summed E-state index contributed by atoms with van der Waals surface area (Å²) in [5.41, 5.74) is 1.63. The fraction of sp³-hybridized carbons (Fsp3) is 0.158. The van der Waals surface area contributed by atoms with Crippen LogP contribution < -0.4 is 4.74 Å². The van der Waals surface area contributed by atoms with Crippen LogP contribution in [-0.4, -0.2) is 21.9 Å². The predicted octanol–water partition coefficient (Wildman–Crippen LogP) is 6.39. The Bertz CT molecular complexity index is 955. The van der Waals surface area contributed by atoms with Crippen molar-refractivity contribution < 1.29 is 4.74 Å². The van der Waals surface area contributed by atoms with E-state index >= 15 is 0 Å². The molecule has 0 bridgehead atoms. The van der Waals surface area contributed by atoms with Crippen molar-refractivity contribution in [2.24, 2.45) is 0 Å². The number of aromatic nitrogens is 3. The average molecular weight is 441 g/mol. The molecule has 3 aromatic rings. The van der Waals surface area contributed by atoms with E-state index in [1.54, 1.807) is 25.3 Å². The maximum Gasteiger partial charge on any atom is 0.192 e. The summed E-state index contributed by atoms with van der Waals surface area (Å²) < 4.78 is 7.41. The van der Waals surface area contributed by atoms with Crippen molar-refractivity contribution in [1.82, 2.24) is 14.8 Å². The number of methoxy groups -OCH3 is 1. The number of nitrogens with zero attached hydrogens (tertiary/aromatic N) is 3. The normalized spacial score (nSPS) is 10.8. The number of hydrogen-bond acceptors (Lipinski definition) is 4. The van der Waals surface area contributed by atoms with Gasteiger partial charge in [-0.2, -0.15) is 0 Å². The van der Waals surface area contributed by atoms with Gasteiger partial charge in [-0.3, -0.25) is 4.57 Å². The lowest BCUT2D eigenvalue weighted by Gasteiger charge is -2.11. The van der Waals surface area contributed by atoms with Crippen LogP contribution in [0.3, 0.4) is 0 Å². The second-order valence-corrected chi connectivity index (χ2v) is 7.73. The number of allylic oxidation sites excluding steroid dienone is 1. The third-order valence-electron chi connectivity index (χ3n) is 3.84. The summed E-state index contributed by atoms with van der Waals surface area (Å²) in [5, 5.41) is 11.3. The van der Waals surface area contributed by atoms with Crippen LogP contribution in [0.5, 0.6) is 5.75 Å². The first-order chi connectivity index (χ1) is 13.0. The largest absolute Gasteiger partial charge is 0.496 e. The van der Waals surface area contributed by atoms with Gasteiger partial charge in [0.2, 0.25) is 0 Å². The summed E-state index contributed by atoms with van der Waals surface area (Å²) in [5.74, 6) is 1.89. The van der Waals surface area contributed by atoms with E-state index in [0.29, 0.717) is 38.9 Å². The van der Waals surface area contributed by atoms with Gasteiger partial charge in [0.25, 0.3) is 0 Å². The number of hydrogen-bond donors (Lipinski definition) is 0. The SMILES string of the molecule is C=CCn1c(SCc2c(Cl)cccc2Cl)nnc1-c1cc(Cl)ccc1OC. The molecule has 0 saturated heterocycles. The summed E-state index contributed by atoms with van der Waals surface area (Å²) in [6, 6.07) is 10.8. The Hall–Kier alpha value is -1.66.